The Labute approximate surface area is 163 Å². The number of nitrogens with one attached hydrogen (secondary N) is 1. The molecule has 1 aromatic carbocycles. The molecule has 0 bridgehead atoms. The first kappa shape index (κ1) is 19.3. The number of hydrogen-bond donors (Lipinski definition) is 1. The van der Waals surface area contributed by atoms with Crippen LogP contribution in [-0.4, -0.2) is 48.2 Å². The minimum atomic E-state index is -4.44. The first-order valence-corrected chi connectivity index (χ1v) is 9.24. The van der Waals surface area contributed by atoms with Crippen LogP contribution >= 0.6 is 11.6 Å². The second-order valence-corrected chi connectivity index (χ2v) is 7.99. The number of amides is 2. The van der Waals surface area contributed by atoms with Crippen molar-refractivity contribution in [2.24, 2.45) is 5.92 Å². The average Bonchev–Trinajstić information content (AvgIpc) is 2.94. The molecule has 10 heteroatoms. The van der Waals surface area contributed by atoms with Crippen molar-refractivity contribution in [1.82, 2.24) is 10.2 Å². The fourth-order valence-electron chi connectivity index (χ4n) is 3.71. The third-order valence-corrected chi connectivity index (χ3v) is 5.80. The number of nitrogens with zero attached hydrogens (tertiary/aromatic N) is 1. The fourth-order valence-corrected chi connectivity index (χ4v) is 3.95. The molecular formula is C18H18ClF3N2O4. The van der Waals surface area contributed by atoms with Crippen LogP contribution in [0.2, 0.25) is 5.02 Å². The van der Waals surface area contributed by atoms with E-state index in [-0.39, 0.29) is 36.2 Å². The maximum Gasteiger partial charge on any atom is 0.416 e. The highest BCUT2D eigenvalue weighted by atomic mass is 35.5. The number of alkyl carbamates (subject to hydrolysis) is 1. The summed E-state index contributed by atoms with van der Waals surface area (Å²) in [5.74, 6) is -0.109. The molecule has 0 unspecified atom stereocenters. The van der Waals surface area contributed by atoms with Crippen LogP contribution in [0.1, 0.15) is 24.0 Å². The van der Waals surface area contributed by atoms with Gasteiger partial charge in [-0.2, -0.15) is 13.2 Å². The standard InChI is InChI=1S/C18H18ClF3N2O4/c19-14-5-12(18(20,21)22)2-1-10(14)6-27-13-3-11(4-13)15(25)24-7-17(8-24)9-28-16(26)23-17/h1-2,5,11,13H,3-4,6-9H2,(H,23,26). The zero-order chi connectivity index (χ0) is 20.1. The molecular weight excluding hydrogens is 401 g/mol. The second kappa shape index (κ2) is 6.81. The van der Waals surface area contributed by atoms with Gasteiger partial charge in [0.1, 0.15) is 12.1 Å². The Morgan fingerprint density at radius 3 is 2.64 bits per heavy atom. The van der Waals surface area contributed by atoms with Crippen molar-refractivity contribution in [3.63, 3.8) is 0 Å². The lowest BCUT2D eigenvalue weighted by molar-refractivity contribution is -0.153. The number of likely N-dealkylation sites (tertiary alicyclic amines) is 1. The van der Waals surface area contributed by atoms with Gasteiger partial charge in [0.25, 0.3) is 0 Å². The molecule has 152 valence electrons. The molecule has 2 saturated heterocycles. The molecule has 4 rings (SSSR count). The van der Waals surface area contributed by atoms with E-state index in [0.29, 0.717) is 31.5 Å². The maximum atomic E-state index is 12.7. The zero-order valence-corrected chi connectivity index (χ0v) is 15.5. The normalized spacial score (nSPS) is 25.7. The molecule has 3 aliphatic rings. The summed E-state index contributed by atoms with van der Waals surface area (Å²) in [5, 5.41) is 2.74. The third-order valence-electron chi connectivity index (χ3n) is 5.44. The van der Waals surface area contributed by atoms with E-state index in [1.165, 1.54) is 6.07 Å². The van der Waals surface area contributed by atoms with Crippen molar-refractivity contribution in [2.45, 2.75) is 37.3 Å². The van der Waals surface area contributed by atoms with Crippen molar-refractivity contribution in [2.75, 3.05) is 19.7 Å². The monoisotopic (exact) mass is 418 g/mol. The molecule has 3 fully saturated rings. The van der Waals surface area contributed by atoms with Gasteiger partial charge in [-0.3, -0.25) is 4.79 Å². The molecule has 0 atom stereocenters. The molecule has 2 amide bonds. The van der Waals surface area contributed by atoms with Crippen LogP contribution in [0.3, 0.4) is 0 Å². The van der Waals surface area contributed by atoms with Crippen LogP contribution in [0.4, 0.5) is 18.0 Å². The summed E-state index contributed by atoms with van der Waals surface area (Å²) in [5.41, 5.74) is -0.760. The van der Waals surface area contributed by atoms with E-state index < -0.39 is 23.4 Å². The van der Waals surface area contributed by atoms with Gasteiger partial charge in [-0.05, 0) is 30.5 Å². The summed E-state index contributed by atoms with van der Waals surface area (Å²) in [6.07, 6.45) is -3.90. The van der Waals surface area contributed by atoms with Crippen LogP contribution in [0, 0.1) is 5.92 Å². The lowest BCUT2D eigenvalue weighted by Gasteiger charge is -2.48. The van der Waals surface area contributed by atoms with E-state index in [4.69, 9.17) is 21.1 Å². The van der Waals surface area contributed by atoms with Gasteiger partial charge in [0, 0.05) is 24.0 Å². The highest BCUT2D eigenvalue weighted by Crippen LogP contribution is 2.37. The molecule has 1 aromatic rings. The predicted octanol–water partition coefficient (Wildman–Crippen LogP) is 2.97. The molecule has 28 heavy (non-hydrogen) atoms. The molecule has 0 radical (unpaired) electrons. The van der Waals surface area contributed by atoms with Gasteiger partial charge >= 0.3 is 12.3 Å². The van der Waals surface area contributed by atoms with Crippen molar-refractivity contribution >= 4 is 23.6 Å². The van der Waals surface area contributed by atoms with Crippen molar-refractivity contribution < 1.29 is 32.2 Å². The minimum absolute atomic E-state index is 0.00785. The first-order valence-electron chi connectivity index (χ1n) is 8.86. The van der Waals surface area contributed by atoms with E-state index in [0.717, 1.165) is 12.1 Å². The van der Waals surface area contributed by atoms with Gasteiger partial charge in [-0.25, -0.2) is 4.79 Å². The predicted molar refractivity (Wildman–Crippen MR) is 91.5 cm³/mol. The number of halogens is 4. The Morgan fingerprint density at radius 1 is 1.36 bits per heavy atom. The Kier molecular flexibility index (Phi) is 4.70. The van der Waals surface area contributed by atoms with E-state index in [1.54, 1.807) is 4.90 Å². The number of rotatable bonds is 4. The molecule has 1 spiro atoms. The maximum absolute atomic E-state index is 12.7. The number of benzene rings is 1. The topological polar surface area (TPSA) is 67.9 Å². The Bertz CT molecular complexity index is 805. The Hall–Kier alpha value is -2.00. The van der Waals surface area contributed by atoms with Gasteiger partial charge in [-0.15, -0.1) is 0 Å². The summed E-state index contributed by atoms with van der Waals surface area (Å²) >= 11 is 5.92. The van der Waals surface area contributed by atoms with Crippen LogP contribution in [-0.2, 0) is 27.1 Å². The average molecular weight is 419 g/mol. The van der Waals surface area contributed by atoms with E-state index >= 15 is 0 Å². The molecule has 1 N–H and O–H groups in total. The Morgan fingerprint density at radius 2 is 2.07 bits per heavy atom. The summed E-state index contributed by atoms with van der Waals surface area (Å²) in [6, 6.07) is 3.17. The minimum Gasteiger partial charge on any atom is -0.447 e. The van der Waals surface area contributed by atoms with Crippen LogP contribution in [0.25, 0.3) is 0 Å². The van der Waals surface area contributed by atoms with Gasteiger partial charge in [0.05, 0.1) is 18.3 Å². The van der Waals surface area contributed by atoms with Crippen LogP contribution in [0.15, 0.2) is 18.2 Å². The third kappa shape index (κ3) is 3.65. The smallest absolute Gasteiger partial charge is 0.416 e. The first-order chi connectivity index (χ1) is 13.2. The number of carbonyl (C=O) groups is 2. The van der Waals surface area contributed by atoms with Crippen LogP contribution < -0.4 is 5.32 Å². The second-order valence-electron chi connectivity index (χ2n) is 7.58. The number of cyclic esters (lactones) is 1. The summed E-state index contributed by atoms with van der Waals surface area (Å²) < 4.78 is 48.5. The van der Waals surface area contributed by atoms with Crippen LogP contribution in [0.5, 0.6) is 0 Å². The fraction of sp³-hybridized carbons (Fsp3) is 0.556. The summed E-state index contributed by atoms with van der Waals surface area (Å²) in [6.45, 7) is 1.26. The van der Waals surface area contributed by atoms with Gasteiger partial charge < -0.3 is 19.7 Å². The largest absolute Gasteiger partial charge is 0.447 e. The Balaban J connectivity index is 1.21. The number of ether oxygens (including phenoxy) is 2. The van der Waals surface area contributed by atoms with E-state index in [2.05, 4.69) is 5.32 Å². The highest BCUT2D eigenvalue weighted by molar-refractivity contribution is 6.31. The molecule has 2 aliphatic heterocycles. The van der Waals surface area contributed by atoms with Gasteiger partial charge in [0.15, 0.2) is 0 Å². The molecule has 0 aromatic heterocycles. The molecule has 1 aliphatic carbocycles. The molecule has 1 saturated carbocycles. The highest BCUT2D eigenvalue weighted by Gasteiger charge is 2.53. The SMILES string of the molecule is O=C1NC2(CO1)CN(C(=O)C1CC(OCc3ccc(C(F)(F)F)cc3Cl)C1)C2. The summed E-state index contributed by atoms with van der Waals surface area (Å²) in [4.78, 5) is 25.3. The van der Waals surface area contributed by atoms with Crippen molar-refractivity contribution in [3.8, 4) is 0 Å². The molecule has 2 heterocycles. The van der Waals surface area contributed by atoms with E-state index in [9.17, 15) is 22.8 Å². The summed E-state index contributed by atoms with van der Waals surface area (Å²) in [7, 11) is 0. The number of alkyl halides is 3. The molecule has 6 nitrogen and oxygen atoms in total. The van der Waals surface area contributed by atoms with E-state index in [1.807, 2.05) is 0 Å². The van der Waals surface area contributed by atoms with Crippen molar-refractivity contribution in [1.29, 1.82) is 0 Å². The van der Waals surface area contributed by atoms with Gasteiger partial charge in [-0.1, -0.05) is 17.7 Å². The lowest BCUT2D eigenvalue weighted by atomic mass is 9.79. The lowest BCUT2D eigenvalue weighted by Crippen LogP contribution is -2.71. The van der Waals surface area contributed by atoms with Gasteiger partial charge in [0.2, 0.25) is 5.91 Å². The quantitative estimate of drug-likeness (QED) is 0.816. The van der Waals surface area contributed by atoms with Crippen molar-refractivity contribution in [3.05, 3.63) is 34.3 Å². The number of carbonyl (C=O) groups excluding carboxylic acids is 2. The number of hydrogen-bond acceptors (Lipinski definition) is 4. The zero-order valence-electron chi connectivity index (χ0n) is 14.7.